The molecule has 1 saturated heterocycles. The molecule has 0 saturated carbocycles. The van der Waals surface area contributed by atoms with Crippen molar-refractivity contribution >= 4 is 27.3 Å². The van der Waals surface area contributed by atoms with Crippen molar-refractivity contribution < 1.29 is 8.42 Å². The fourth-order valence-electron chi connectivity index (χ4n) is 2.27. The molecule has 7 heteroatoms. The summed E-state index contributed by atoms with van der Waals surface area (Å²) in [5, 5.41) is 0.749. The molecular formula is C13H20ClN3O2S. The molecular weight excluding hydrogens is 298 g/mol. The normalized spacial score (nSPS) is 17.4. The summed E-state index contributed by atoms with van der Waals surface area (Å²) < 4.78 is 24.5. The number of benzene rings is 1. The van der Waals surface area contributed by atoms with Crippen LogP contribution in [0.2, 0.25) is 5.02 Å². The van der Waals surface area contributed by atoms with Gasteiger partial charge in [0.25, 0.3) is 0 Å². The van der Waals surface area contributed by atoms with Gasteiger partial charge in [0.2, 0.25) is 10.0 Å². The van der Waals surface area contributed by atoms with Crippen molar-refractivity contribution in [1.82, 2.24) is 9.62 Å². The lowest BCUT2D eigenvalue weighted by Crippen LogP contribution is -2.48. The third-order valence-electron chi connectivity index (χ3n) is 3.36. The van der Waals surface area contributed by atoms with Gasteiger partial charge in [0.15, 0.2) is 0 Å². The van der Waals surface area contributed by atoms with Crippen molar-refractivity contribution in [3.8, 4) is 0 Å². The molecule has 0 aromatic heterocycles. The summed E-state index contributed by atoms with van der Waals surface area (Å²) in [6.45, 7) is 4.99. The standard InChI is InChI=1S/C13H20ClN3O2S/c1-20(18,19)15-6-7-16-8-10-17(11-9-16)13-4-2-12(14)3-5-13/h2-5,15H,6-11H2,1H3. The van der Waals surface area contributed by atoms with Crippen LogP contribution in [-0.2, 0) is 10.0 Å². The Hall–Kier alpha value is -0.820. The molecule has 112 valence electrons. The number of piperazine rings is 1. The van der Waals surface area contributed by atoms with Crippen LogP contribution in [0.4, 0.5) is 5.69 Å². The van der Waals surface area contributed by atoms with E-state index in [1.807, 2.05) is 24.3 Å². The van der Waals surface area contributed by atoms with Crippen LogP contribution in [0.15, 0.2) is 24.3 Å². The SMILES string of the molecule is CS(=O)(=O)NCCN1CCN(c2ccc(Cl)cc2)CC1. The Morgan fingerprint density at radius 2 is 1.75 bits per heavy atom. The molecule has 1 N–H and O–H groups in total. The Bertz CT molecular complexity index is 525. The van der Waals surface area contributed by atoms with Crippen molar-refractivity contribution in [3.63, 3.8) is 0 Å². The maximum atomic E-state index is 11.0. The Morgan fingerprint density at radius 3 is 2.30 bits per heavy atom. The fraction of sp³-hybridized carbons (Fsp3) is 0.538. The first-order chi connectivity index (χ1) is 9.44. The first kappa shape index (κ1) is 15.6. The summed E-state index contributed by atoms with van der Waals surface area (Å²) in [6.07, 6.45) is 1.19. The van der Waals surface area contributed by atoms with Crippen LogP contribution in [-0.4, -0.2) is 58.8 Å². The summed E-state index contributed by atoms with van der Waals surface area (Å²) in [5.41, 5.74) is 1.18. The Kier molecular flexibility index (Phi) is 5.26. The highest BCUT2D eigenvalue weighted by molar-refractivity contribution is 7.88. The van der Waals surface area contributed by atoms with Crippen molar-refractivity contribution in [2.24, 2.45) is 0 Å². The van der Waals surface area contributed by atoms with Crippen LogP contribution in [0.3, 0.4) is 0 Å². The van der Waals surface area contributed by atoms with Crippen LogP contribution in [0.25, 0.3) is 0 Å². The summed E-state index contributed by atoms with van der Waals surface area (Å²) in [7, 11) is -3.08. The third kappa shape index (κ3) is 4.94. The average Bonchev–Trinajstić information content (AvgIpc) is 2.39. The molecule has 0 unspecified atom stereocenters. The van der Waals surface area contributed by atoms with Gasteiger partial charge in [-0.2, -0.15) is 0 Å². The largest absolute Gasteiger partial charge is 0.369 e. The van der Waals surface area contributed by atoms with E-state index in [2.05, 4.69) is 14.5 Å². The van der Waals surface area contributed by atoms with Gasteiger partial charge in [-0.05, 0) is 24.3 Å². The molecule has 20 heavy (non-hydrogen) atoms. The third-order valence-corrected chi connectivity index (χ3v) is 4.34. The maximum Gasteiger partial charge on any atom is 0.208 e. The Morgan fingerprint density at radius 1 is 1.15 bits per heavy atom. The lowest BCUT2D eigenvalue weighted by molar-refractivity contribution is 0.262. The van der Waals surface area contributed by atoms with Gasteiger partial charge in [-0.15, -0.1) is 0 Å². The van der Waals surface area contributed by atoms with Crippen molar-refractivity contribution in [1.29, 1.82) is 0 Å². The fourth-order valence-corrected chi connectivity index (χ4v) is 2.86. The van der Waals surface area contributed by atoms with E-state index in [1.165, 1.54) is 11.9 Å². The van der Waals surface area contributed by atoms with Gasteiger partial charge in [0.1, 0.15) is 0 Å². The zero-order chi connectivity index (χ0) is 14.6. The molecule has 0 radical (unpaired) electrons. The first-order valence-corrected chi connectivity index (χ1v) is 8.88. The van der Waals surface area contributed by atoms with Crippen LogP contribution in [0, 0.1) is 0 Å². The monoisotopic (exact) mass is 317 g/mol. The number of sulfonamides is 1. The van der Waals surface area contributed by atoms with Crippen LogP contribution < -0.4 is 9.62 Å². The molecule has 0 atom stereocenters. The van der Waals surface area contributed by atoms with Gasteiger partial charge in [-0.3, -0.25) is 4.90 Å². The van der Waals surface area contributed by atoms with Gasteiger partial charge < -0.3 is 4.90 Å². The van der Waals surface area contributed by atoms with Gasteiger partial charge in [0.05, 0.1) is 6.26 Å². The van der Waals surface area contributed by atoms with E-state index < -0.39 is 10.0 Å². The maximum absolute atomic E-state index is 11.0. The molecule has 5 nitrogen and oxygen atoms in total. The summed E-state index contributed by atoms with van der Waals surface area (Å²) in [5.74, 6) is 0. The lowest BCUT2D eigenvalue weighted by atomic mass is 10.2. The van der Waals surface area contributed by atoms with E-state index in [0.717, 1.165) is 37.7 Å². The molecule has 2 rings (SSSR count). The topological polar surface area (TPSA) is 52.7 Å². The first-order valence-electron chi connectivity index (χ1n) is 6.61. The molecule has 0 bridgehead atoms. The highest BCUT2D eigenvalue weighted by Crippen LogP contribution is 2.19. The molecule has 1 aromatic rings. The predicted molar refractivity (Wildman–Crippen MR) is 83.0 cm³/mol. The zero-order valence-electron chi connectivity index (χ0n) is 11.5. The molecule has 1 fully saturated rings. The smallest absolute Gasteiger partial charge is 0.208 e. The van der Waals surface area contributed by atoms with Crippen molar-refractivity contribution in [2.45, 2.75) is 0 Å². The van der Waals surface area contributed by atoms with Gasteiger partial charge in [-0.25, -0.2) is 13.1 Å². The van der Waals surface area contributed by atoms with E-state index in [-0.39, 0.29) is 0 Å². The van der Waals surface area contributed by atoms with Crippen LogP contribution in [0.1, 0.15) is 0 Å². The van der Waals surface area contributed by atoms with Crippen molar-refractivity contribution in [2.75, 3.05) is 50.4 Å². The predicted octanol–water partition coefficient (Wildman–Crippen LogP) is 1.01. The minimum atomic E-state index is -3.08. The second-order valence-electron chi connectivity index (χ2n) is 4.97. The molecule has 1 heterocycles. The quantitative estimate of drug-likeness (QED) is 0.880. The van der Waals surface area contributed by atoms with E-state index >= 15 is 0 Å². The molecule has 0 spiro atoms. The van der Waals surface area contributed by atoms with E-state index in [1.54, 1.807) is 0 Å². The van der Waals surface area contributed by atoms with Crippen LogP contribution >= 0.6 is 11.6 Å². The lowest BCUT2D eigenvalue weighted by Gasteiger charge is -2.36. The number of hydrogen-bond acceptors (Lipinski definition) is 4. The van der Waals surface area contributed by atoms with Crippen LogP contribution in [0.5, 0.6) is 0 Å². The number of anilines is 1. The number of rotatable bonds is 5. The van der Waals surface area contributed by atoms with E-state index in [9.17, 15) is 8.42 Å². The molecule has 1 aromatic carbocycles. The Labute approximate surface area is 125 Å². The average molecular weight is 318 g/mol. The summed E-state index contributed by atoms with van der Waals surface area (Å²) >= 11 is 5.88. The van der Waals surface area contributed by atoms with Crippen molar-refractivity contribution in [3.05, 3.63) is 29.3 Å². The number of halogens is 1. The highest BCUT2D eigenvalue weighted by Gasteiger charge is 2.17. The summed E-state index contributed by atoms with van der Waals surface area (Å²) in [4.78, 5) is 4.58. The minimum Gasteiger partial charge on any atom is -0.369 e. The molecule has 0 amide bonds. The second kappa shape index (κ2) is 6.76. The Balaban J connectivity index is 1.76. The van der Waals surface area contributed by atoms with E-state index in [4.69, 9.17) is 11.6 Å². The molecule has 1 aliphatic heterocycles. The highest BCUT2D eigenvalue weighted by atomic mass is 35.5. The number of nitrogens with one attached hydrogen (secondary N) is 1. The van der Waals surface area contributed by atoms with Gasteiger partial charge >= 0.3 is 0 Å². The minimum absolute atomic E-state index is 0.472. The van der Waals surface area contributed by atoms with E-state index in [0.29, 0.717) is 6.54 Å². The molecule has 1 aliphatic rings. The summed E-state index contributed by atoms with van der Waals surface area (Å²) in [6, 6.07) is 7.87. The second-order valence-corrected chi connectivity index (χ2v) is 7.24. The zero-order valence-corrected chi connectivity index (χ0v) is 13.1. The van der Waals surface area contributed by atoms with Gasteiger partial charge in [0, 0.05) is 50.0 Å². The molecule has 0 aliphatic carbocycles. The number of nitrogens with zero attached hydrogens (tertiary/aromatic N) is 2. The van der Waals surface area contributed by atoms with Gasteiger partial charge in [-0.1, -0.05) is 11.6 Å². The number of hydrogen-bond donors (Lipinski definition) is 1.